The third-order valence-corrected chi connectivity index (χ3v) is 6.69. The molecule has 1 aliphatic heterocycles. The van der Waals surface area contributed by atoms with Gasteiger partial charge in [0.1, 0.15) is 0 Å². The van der Waals surface area contributed by atoms with Gasteiger partial charge in [0.25, 0.3) is 0 Å². The molecular formula is C24H36N4O. The van der Waals surface area contributed by atoms with E-state index < -0.39 is 0 Å². The van der Waals surface area contributed by atoms with E-state index in [-0.39, 0.29) is 6.61 Å². The highest BCUT2D eigenvalue weighted by atomic mass is 16.3. The van der Waals surface area contributed by atoms with Crippen molar-refractivity contribution in [3.8, 4) is 5.69 Å². The Morgan fingerprint density at radius 1 is 1.07 bits per heavy atom. The van der Waals surface area contributed by atoms with Crippen molar-refractivity contribution < 1.29 is 5.11 Å². The average Bonchev–Trinajstić information content (AvgIpc) is 3.07. The minimum Gasteiger partial charge on any atom is -0.396 e. The lowest BCUT2D eigenvalue weighted by Crippen LogP contribution is -2.56. The molecule has 5 nitrogen and oxygen atoms in total. The highest BCUT2D eigenvalue weighted by molar-refractivity contribution is 5.37. The Hall–Kier alpha value is -1.69. The van der Waals surface area contributed by atoms with Crippen LogP contribution < -0.4 is 0 Å². The monoisotopic (exact) mass is 396 g/mol. The van der Waals surface area contributed by atoms with Crippen molar-refractivity contribution >= 4 is 0 Å². The molecule has 0 bridgehead atoms. The van der Waals surface area contributed by atoms with Crippen molar-refractivity contribution in [3.63, 3.8) is 0 Å². The van der Waals surface area contributed by atoms with Gasteiger partial charge in [0.15, 0.2) is 0 Å². The summed E-state index contributed by atoms with van der Waals surface area (Å²) in [6, 6.07) is 12.1. The van der Waals surface area contributed by atoms with E-state index in [0.717, 1.165) is 50.0 Å². The molecule has 2 heterocycles. The number of hydrogen-bond acceptors (Lipinski definition) is 4. The Morgan fingerprint density at radius 2 is 1.90 bits per heavy atom. The van der Waals surface area contributed by atoms with E-state index in [2.05, 4.69) is 52.2 Å². The lowest BCUT2D eigenvalue weighted by molar-refractivity contribution is 0.0137. The van der Waals surface area contributed by atoms with Crippen molar-refractivity contribution in [3.05, 3.63) is 47.3 Å². The first-order valence-electron chi connectivity index (χ1n) is 11.4. The number of piperazine rings is 1. The standard InChI is InChI=1S/C24H36N4O/c1-19-15-20(2)28(25-19)23-10-6-7-21(16-23)17-26-12-13-27(24(18-26)11-14-29)22-8-4-3-5-9-22/h6-7,10,15-16,22,24,29H,3-5,8-9,11-14,17-18H2,1-2H3/t24-/m1/s1. The van der Waals surface area contributed by atoms with Crippen LogP contribution in [0.3, 0.4) is 0 Å². The number of aromatic nitrogens is 2. The summed E-state index contributed by atoms with van der Waals surface area (Å²) < 4.78 is 2.04. The zero-order chi connectivity index (χ0) is 20.2. The summed E-state index contributed by atoms with van der Waals surface area (Å²) in [5, 5.41) is 14.3. The van der Waals surface area contributed by atoms with Crippen LogP contribution in [0.2, 0.25) is 0 Å². The minimum absolute atomic E-state index is 0.287. The van der Waals surface area contributed by atoms with Gasteiger partial charge in [-0.25, -0.2) is 4.68 Å². The predicted molar refractivity (Wildman–Crippen MR) is 117 cm³/mol. The second-order valence-electron chi connectivity index (χ2n) is 8.94. The van der Waals surface area contributed by atoms with Gasteiger partial charge in [-0.15, -0.1) is 0 Å². The Bertz CT molecular complexity index is 796. The summed E-state index contributed by atoms with van der Waals surface area (Å²) in [4.78, 5) is 5.29. The van der Waals surface area contributed by atoms with Gasteiger partial charge in [-0.1, -0.05) is 31.4 Å². The Kier molecular flexibility index (Phi) is 6.68. The summed E-state index contributed by atoms with van der Waals surface area (Å²) in [6.07, 6.45) is 7.70. The first kappa shape index (κ1) is 20.6. The van der Waals surface area contributed by atoms with Crippen LogP contribution in [0.15, 0.2) is 30.3 Å². The topological polar surface area (TPSA) is 44.5 Å². The number of rotatable bonds is 6. The molecule has 0 radical (unpaired) electrons. The third-order valence-electron chi connectivity index (χ3n) is 6.69. The van der Waals surface area contributed by atoms with E-state index >= 15 is 0 Å². The normalized spacial score (nSPS) is 22.2. The fourth-order valence-corrected chi connectivity index (χ4v) is 5.31. The van der Waals surface area contributed by atoms with E-state index in [1.54, 1.807) is 0 Å². The van der Waals surface area contributed by atoms with Gasteiger partial charge in [0, 0.05) is 50.6 Å². The van der Waals surface area contributed by atoms with Crippen LogP contribution in [0.5, 0.6) is 0 Å². The summed E-state index contributed by atoms with van der Waals surface area (Å²) >= 11 is 0. The van der Waals surface area contributed by atoms with Gasteiger partial charge in [0.2, 0.25) is 0 Å². The molecule has 1 saturated carbocycles. The fourth-order valence-electron chi connectivity index (χ4n) is 5.31. The largest absolute Gasteiger partial charge is 0.396 e. The molecular weight excluding hydrogens is 360 g/mol. The van der Waals surface area contributed by atoms with Gasteiger partial charge < -0.3 is 5.11 Å². The molecule has 1 aromatic heterocycles. The number of aliphatic hydroxyl groups is 1. The number of hydrogen-bond donors (Lipinski definition) is 1. The number of aryl methyl sites for hydroxylation is 2. The van der Waals surface area contributed by atoms with Crippen molar-refractivity contribution in [2.45, 2.75) is 71.0 Å². The lowest BCUT2D eigenvalue weighted by atomic mass is 9.91. The SMILES string of the molecule is Cc1cc(C)n(-c2cccc(CN3CCN(C4CCCCC4)[C@H](CCO)C3)c2)n1. The third kappa shape index (κ3) is 4.90. The van der Waals surface area contributed by atoms with Crippen LogP contribution in [-0.4, -0.2) is 63.0 Å². The Labute approximate surface area is 175 Å². The van der Waals surface area contributed by atoms with Gasteiger partial charge in [0.05, 0.1) is 11.4 Å². The van der Waals surface area contributed by atoms with Crippen LogP contribution in [0.1, 0.15) is 55.5 Å². The molecule has 1 atom stereocenters. The molecule has 29 heavy (non-hydrogen) atoms. The van der Waals surface area contributed by atoms with Crippen LogP contribution in [0.25, 0.3) is 5.69 Å². The molecule has 0 amide bonds. The first-order valence-corrected chi connectivity index (χ1v) is 11.4. The molecule has 1 saturated heterocycles. The average molecular weight is 397 g/mol. The molecule has 1 aromatic carbocycles. The molecule has 2 aliphatic rings. The first-order chi connectivity index (χ1) is 14.1. The van der Waals surface area contributed by atoms with Gasteiger partial charge in [-0.05, 0) is 56.9 Å². The van der Waals surface area contributed by atoms with Crippen LogP contribution in [0.4, 0.5) is 0 Å². The molecule has 2 aromatic rings. The molecule has 2 fully saturated rings. The number of benzene rings is 1. The van der Waals surface area contributed by atoms with Gasteiger partial charge in [-0.2, -0.15) is 5.10 Å². The Morgan fingerprint density at radius 3 is 2.62 bits per heavy atom. The minimum atomic E-state index is 0.287. The molecule has 5 heteroatoms. The predicted octanol–water partition coefficient (Wildman–Crippen LogP) is 3.69. The van der Waals surface area contributed by atoms with Crippen molar-refractivity contribution in [2.75, 3.05) is 26.2 Å². The van der Waals surface area contributed by atoms with E-state index in [4.69, 9.17) is 0 Å². The van der Waals surface area contributed by atoms with E-state index in [1.165, 1.54) is 43.4 Å². The fraction of sp³-hybridized carbons (Fsp3) is 0.625. The van der Waals surface area contributed by atoms with Crippen molar-refractivity contribution in [1.82, 2.24) is 19.6 Å². The smallest absolute Gasteiger partial charge is 0.0651 e. The Balaban J connectivity index is 1.43. The number of aliphatic hydroxyl groups excluding tert-OH is 1. The van der Waals surface area contributed by atoms with Gasteiger partial charge >= 0.3 is 0 Å². The molecule has 158 valence electrons. The molecule has 1 aliphatic carbocycles. The van der Waals surface area contributed by atoms with Crippen LogP contribution in [0, 0.1) is 13.8 Å². The highest BCUT2D eigenvalue weighted by Gasteiger charge is 2.32. The van der Waals surface area contributed by atoms with Crippen LogP contribution in [-0.2, 0) is 6.54 Å². The maximum Gasteiger partial charge on any atom is 0.0651 e. The van der Waals surface area contributed by atoms with E-state index in [9.17, 15) is 5.11 Å². The maximum atomic E-state index is 9.65. The maximum absolute atomic E-state index is 9.65. The molecule has 0 spiro atoms. The quantitative estimate of drug-likeness (QED) is 0.809. The molecule has 4 rings (SSSR count). The zero-order valence-electron chi connectivity index (χ0n) is 18.1. The van der Waals surface area contributed by atoms with E-state index in [0.29, 0.717) is 6.04 Å². The van der Waals surface area contributed by atoms with Crippen molar-refractivity contribution in [2.24, 2.45) is 0 Å². The lowest BCUT2D eigenvalue weighted by Gasteiger charge is -2.46. The van der Waals surface area contributed by atoms with E-state index in [1.807, 2.05) is 11.6 Å². The second-order valence-corrected chi connectivity index (χ2v) is 8.94. The summed E-state index contributed by atoms with van der Waals surface area (Å²) in [5.74, 6) is 0. The number of nitrogens with zero attached hydrogens (tertiary/aromatic N) is 4. The molecule has 0 unspecified atom stereocenters. The van der Waals surface area contributed by atoms with Gasteiger partial charge in [-0.3, -0.25) is 9.80 Å². The summed E-state index contributed by atoms with van der Waals surface area (Å²) in [6.45, 7) is 8.70. The summed E-state index contributed by atoms with van der Waals surface area (Å²) in [7, 11) is 0. The zero-order valence-corrected chi connectivity index (χ0v) is 18.1. The van der Waals surface area contributed by atoms with Crippen LogP contribution >= 0.6 is 0 Å². The second kappa shape index (κ2) is 9.41. The van der Waals surface area contributed by atoms with Crippen molar-refractivity contribution in [1.29, 1.82) is 0 Å². The molecule has 1 N–H and O–H groups in total. The highest BCUT2D eigenvalue weighted by Crippen LogP contribution is 2.27. The summed E-state index contributed by atoms with van der Waals surface area (Å²) in [5.41, 5.74) is 4.70.